The second-order valence-corrected chi connectivity index (χ2v) is 17.8. The van der Waals surface area contributed by atoms with E-state index in [1.807, 2.05) is 0 Å². The molecule has 15 atom stereocenters. The number of carbonyl (C=O) groups is 2. The zero-order chi connectivity index (χ0) is 55.4. The van der Waals surface area contributed by atoms with E-state index in [2.05, 4.69) is 0 Å². The Morgan fingerprint density at radius 2 is 1.04 bits per heavy atom. The highest BCUT2D eigenvalue weighted by atomic mass is 16.8. The number of aromatic hydroxyl groups is 6. The quantitative estimate of drug-likeness (QED) is 0.0252. The van der Waals surface area contributed by atoms with E-state index in [0.29, 0.717) is 5.56 Å². The van der Waals surface area contributed by atoms with Gasteiger partial charge < -0.3 is 114 Å². The van der Waals surface area contributed by atoms with Gasteiger partial charge in [0.05, 0.1) is 18.2 Å². The SMILES string of the molecule is O=C(C=Cc1ccc(O)c(O)c1)OC[C@H]1O[C@@H](O[C@H]2[C@H](Oc3cc4c(O[C@@H]5O[C@H](CO)[C@@H](O)[C@H](O)[C@H]5O)cc(O)cc4[o+]c3-c3ccc(O)c(O)c3)O[C@H](COC(=O)C=Cc3ccc(O)cc3)[C@@H](O)[C@@H]2O)[C@H](O)[C@@H](O)[C@@H]1O. The van der Waals surface area contributed by atoms with Crippen LogP contribution in [0.4, 0.5) is 0 Å². The highest BCUT2D eigenvalue weighted by molar-refractivity contribution is 5.89. The van der Waals surface area contributed by atoms with Crippen LogP contribution in [0.1, 0.15) is 11.1 Å². The fourth-order valence-corrected chi connectivity index (χ4v) is 8.22. The molecular weight excluding hydrogens is 1030 g/mol. The Morgan fingerprint density at radius 1 is 0.506 bits per heavy atom. The van der Waals surface area contributed by atoms with E-state index in [1.165, 1.54) is 60.7 Å². The zero-order valence-electron chi connectivity index (χ0n) is 39.8. The summed E-state index contributed by atoms with van der Waals surface area (Å²) in [6.45, 7) is -2.40. The number of carbonyl (C=O) groups excluding carboxylic acids is 2. The van der Waals surface area contributed by atoms with Crippen molar-refractivity contribution in [2.75, 3.05) is 19.8 Å². The van der Waals surface area contributed by atoms with Crippen LogP contribution >= 0.6 is 0 Å². The van der Waals surface area contributed by atoms with Gasteiger partial charge in [-0.1, -0.05) is 18.2 Å². The fraction of sp³-hybridized carbons (Fsp3) is 0.353. The number of aliphatic hydroxyl groups excluding tert-OH is 9. The third kappa shape index (κ3) is 12.7. The standard InChI is InChI=1S/C51H52O26/c52-18-34-39(61)42(64)45(67)49(74-34)72-32-16-25(54)15-31-26(32)17-33(47(71-31)23-6-10-28(56)30(58)14-23)73-51-48(44(66)41(63)36(76-51)20-70-37(59)11-4-21-1-7-24(53)8-2-21)77-50-46(68)43(65)40(62)35(75-50)19-69-38(60)12-5-22-3-9-27(55)29(57)13-22/h1-17,34-36,39-46,48-52,61-68H,18-20H2,(H5-,53,54,55,56,57,58,59,60)/p+1/t34-,35-,36-,39-,40-,41-,42+,43+,44+,45-,46-,48-,49-,50+,51-/m1/s1. The van der Waals surface area contributed by atoms with Gasteiger partial charge in [0.1, 0.15) is 103 Å². The number of aliphatic hydroxyl groups is 9. The average Bonchev–Trinajstić information content (AvgIpc) is 3.40. The lowest BCUT2D eigenvalue weighted by Crippen LogP contribution is -2.65. The molecule has 0 radical (unpaired) electrons. The van der Waals surface area contributed by atoms with Gasteiger partial charge in [-0.15, -0.1) is 0 Å². The van der Waals surface area contributed by atoms with Crippen molar-refractivity contribution in [3.05, 3.63) is 102 Å². The minimum absolute atomic E-state index is 0.0307. The molecule has 3 saturated heterocycles. The van der Waals surface area contributed by atoms with Crippen LogP contribution in [0.5, 0.6) is 46.0 Å². The summed E-state index contributed by atoms with van der Waals surface area (Å²) in [6.07, 6.45) is -24.2. The van der Waals surface area contributed by atoms with Crippen molar-refractivity contribution in [2.45, 2.75) is 92.1 Å². The van der Waals surface area contributed by atoms with Gasteiger partial charge in [-0.25, -0.2) is 14.0 Å². The molecule has 3 fully saturated rings. The highest BCUT2D eigenvalue weighted by Crippen LogP contribution is 2.44. The largest absolute Gasteiger partial charge is 0.508 e. The van der Waals surface area contributed by atoms with Gasteiger partial charge in [0.2, 0.25) is 18.3 Å². The maximum absolute atomic E-state index is 12.9. The molecule has 26 nitrogen and oxygen atoms in total. The molecule has 15 N–H and O–H groups in total. The molecule has 0 aliphatic carbocycles. The number of phenolic OH excluding ortho intramolecular Hbond substituents is 6. The first-order valence-electron chi connectivity index (χ1n) is 23.4. The second-order valence-electron chi connectivity index (χ2n) is 17.8. The molecule has 5 aromatic rings. The first-order valence-corrected chi connectivity index (χ1v) is 23.4. The molecule has 3 aliphatic heterocycles. The summed E-state index contributed by atoms with van der Waals surface area (Å²) in [5.74, 6) is -5.78. The van der Waals surface area contributed by atoms with Gasteiger partial charge in [-0.2, -0.15) is 0 Å². The van der Waals surface area contributed by atoms with Gasteiger partial charge in [-0.05, 0) is 59.7 Å². The number of fused-ring (bicyclic) bond motifs is 1. The Hall–Kier alpha value is -7.41. The van der Waals surface area contributed by atoms with Crippen LogP contribution in [0, 0.1) is 0 Å². The van der Waals surface area contributed by atoms with Crippen LogP contribution in [0.3, 0.4) is 0 Å². The molecule has 8 rings (SSSR count). The molecule has 0 spiro atoms. The summed E-state index contributed by atoms with van der Waals surface area (Å²) < 4.78 is 52.5. The number of ether oxygens (including phenoxy) is 8. The van der Waals surface area contributed by atoms with E-state index in [4.69, 9.17) is 42.3 Å². The van der Waals surface area contributed by atoms with Crippen LogP contribution in [0.2, 0.25) is 0 Å². The fourth-order valence-electron chi connectivity index (χ4n) is 8.22. The zero-order valence-corrected chi connectivity index (χ0v) is 39.8. The number of hydrogen-bond acceptors (Lipinski definition) is 25. The van der Waals surface area contributed by atoms with Crippen molar-refractivity contribution in [3.63, 3.8) is 0 Å². The number of esters is 2. The van der Waals surface area contributed by atoms with Crippen molar-refractivity contribution in [1.82, 2.24) is 0 Å². The van der Waals surface area contributed by atoms with Crippen molar-refractivity contribution in [3.8, 4) is 57.3 Å². The summed E-state index contributed by atoms with van der Waals surface area (Å²) in [5.41, 5.74) is 0.502. The molecule has 4 heterocycles. The number of hydrogen-bond donors (Lipinski definition) is 15. The smallest absolute Gasteiger partial charge is 0.402 e. The molecule has 0 unspecified atom stereocenters. The molecule has 4 aromatic carbocycles. The second kappa shape index (κ2) is 23.9. The van der Waals surface area contributed by atoms with E-state index < -0.39 is 158 Å². The van der Waals surface area contributed by atoms with Crippen molar-refractivity contribution in [2.24, 2.45) is 0 Å². The predicted molar refractivity (Wildman–Crippen MR) is 256 cm³/mol. The number of phenols is 6. The third-order valence-corrected chi connectivity index (χ3v) is 12.5. The van der Waals surface area contributed by atoms with Crippen molar-refractivity contribution < 1.29 is 128 Å². The van der Waals surface area contributed by atoms with Crippen LogP contribution in [0.15, 0.2) is 95.4 Å². The molecule has 26 heteroatoms. The highest BCUT2D eigenvalue weighted by Gasteiger charge is 2.53. The Balaban J connectivity index is 1.13. The number of benzene rings is 4. The first kappa shape index (κ1) is 55.8. The monoisotopic (exact) mass is 1080 g/mol. The minimum Gasteiger partial charge on any atom is -0.508 e. The van der Waals surface area contributed by atoms with Gasteiger partial charge in [0.15, 0.2) is 35.4 Å². The Bertz CT molecular complexity index is 2950. The van der Waals surface area contributed by atoms with E-state index in [9.17, 15) is 86.2 Å². The van der Waals surface area contributed by atoms with Gasteiger partial charge in [0, 0.05) is 30.4 Å². The van der Waals surface area contributed by atoms with Crippen LogP contribution in [-0.4, -0.2) is 200 Å². The van der Waals surface area contributed by atoms with E-state index in [1.54, 1.807) is 0 Å². The first-order chi connectivity index (χ1) is 36.7. The minimum atomic E-state index is -2.16. The lowest BCUT2D eigenvalue weighted by molar-refractivity contribution is -0.358. The van der Waals surface area contributed by atoms with Gasteiger partial charge >= 0.3 is 23.3 Å². The Morgan fingerprint density at radius 3 is 1.66 bits per heavy atom. The normalized spacial score (nSPS) is 29.6. The van der Waals surface area contributed by atoms with Gasteiger partial charge in [0.25, 0.3) is 0 Å². The maximum Gasteiger partial charge on any atom is 0.402 e. The summed E-state index contributed by atoms with van der Waals surface area (Å²) in [6, 6.07) is 16.1. The summed E-state index contributed by atoms with van der Waals surface area (Å²) in [5, 5.41) is 158. The molecule has 1 aromatic heterocycles. The molecule has 0 saturated carbocycles. The van der Waals surface area contributed by atoms with Crippen molar-refractivity contribution >= 4 is 35.1 Å². The van der Waals surface area contributed by atoms with E-state index in [0.717, 1.165) is 42.5 Å². The average molecular weight is 1080 g/mol. The third-order valence-electron chi connectivity index (χ3n) is 12.5. The van der Waals surface area contributed by atoms with Crippen molar-refractivity contribution in [1.29, 1.82) is 0 Å². The summed E-state index contributed by atoms with van der Waals surface area (Å²) >= 11 is 0. The Labute approximate surface area is 434 Å². The maximum atomic E-state index is 12.9. The predicted octanol–water partition coefficient (Wildman–Crippen LogP) is -0.675. The van der Waals surface area contributed by atoms with Gasteiger partial charge in [-0.3, -0.25) is 0 Å². The summed E-state index contributed by atoms with van der Waals surface area (Å²) in [4.78, 5) is 25.6. The van der Waals surface area contributed by atoms with E-state index in [-0.39, 0.29) is 39.4 Å². The number of rotatable bonds is 16. The molecule has 412 valence electrons. The Kier molecular flexibility index (Phi) is 17.3. The lowest BCUT2D eigenvalue weighted by atomic mass is 9.97. The lowest BCUT2D eigenvalue weighted by Gasteiger charge is -2.45. The molecule has 0 bridgehead atoms. The molecule has 77 heavy (non-hydrogen) atoms. The molecule has 3 aliphatic rings. The van der Waals surface area contributed by atoms with Crippen LogP contribution in [-0.2, 0) is 38.0 Å². The molecule has 0 amide bonds. The van der Waals surface area contributed by atoms with Crippen LogP contribution in [0.25, 0.3) is 34.4 Å². The van der Waals surface area contributed by atoms with Crippen LogP contribution < -0.4 is 9.47 Å². The topological polar surface area (TPSA) is 423 Å². The summed E-state index contributed by atoms with van der Waals surface area (Å²) in [7, 11) is 0. The molecular formula is C51H53O26+. The van der Waals surface area contributed by atoms with E-state index >= 15 is 0 Å².